The Morgan fingerprint density at radius 1 is 0.882 bits per heavy atom. The van der Waals surface area contributed by atoms with E-state index < -0.39 is 49.1 Å². The fraction of sp³-hybridized carbons (Fsp3) is 0.500. The van der Waals surface area contributed by atoms with Gasteiger partial charge in [0.25, 0.3) is 0 Å². The van der Waals surface area contributed by atoms with Crippen LogP contribution in [0.5, 0.6) is 5.75 Å². The van der Waals surface area contributed by atoms with Crippen molar-refractivity contribution in [1.82, 2.24) is 0 Å². The Hall–Kier alpha value is -2.21. The summed E-state index contributed by atoms with van der Waals surface area (Å²) >= 11 is 0. The lowest BCUT2D eigenvalue weighted by Crippen LogP contribution is -2.59. The number of alkyl halides is 3. The molecule has 1 fully saturated rings. The molecule has 0 bridgehead atoms. The van der Waals surface area contributed by atoms with Crippen molar-refractivity contribution in [2.75, 3.05) is 13.2 Å². The summed E-state index contributed by atoms with van der Waals surface area (Å²) in [6.07, 6.45) is -8.68. The molecule has 0 saturated carbocycles. The predicted octanol–water partition coefficient (Wildman–Crippen LogP) is 2.42. The van der Waals surface area contributed by atoms with Crippen LogP contribution in [0.1, 0.15) is 29.5 Å². The number of ether oxygens (including phenoxy) is 3. The van der Waals surface area contributed by atoms with E-state index in [2.05, 4.69) is 0 Å². The minimum Gasteiger partial charge on any atom is -0.489 e. The van der Waals surface area contributed by atoms with Crippen LogP contribution >= 0.6 is 0 Å². The van der Waals surface area contributed by atoms with E-state index in [0.717, 1.165) is 30.5 Å². The van der Waals surface area contributed by atoms with Crippen molar-refractivity contribution >= 4 is 0 Å². The van der Waals surface area contributed by atoms with Crippen LogP contribution in [-0.4, -0.2) is 64.3 Å². The number of hydrogen-bond acceptors (Lipinski definition) is 7. The van der Waals surface area contributed by atoms with Crippen LogP contribution in [0, 0.1) is 0 Å². The van der Waals surface area contributed by atoms with E-state index >= 15 is 0 Å². The fourth-order valence-electron chi connectivity index (χ4n) is 3.59. The van der Waals surface area contributed by atoms with Gasteiger partial charge in [-0.15, -0.1) is 0 Å². The number of halogens is 3. The third kappa shape index (κ3) is 7.14. The molecule has 0 amide bonds. The summed E-state index contributed by atoms with van der Waals surface area (Å²) < 4.78 is 54.7. The molecular formula is C24H29F3O7. The molecule has 7 nitrogen and oxygen atoms in total. The second kappa shape index (κ2) is 12.0. The maximum Gasteiger partial charge on any atom is 0.416 e. The molecule has 5 atom stereocenters. The summed E-state index contributed by atoms with van der Waals surface area (Å²) in [6.45, 7) is -0.232. The second-order valence-electron chi connectivity index (χ2n) is 8.16. The molecule has 0 radical (unpaired) electrons. The molecule has 0 aromatic heterocycles. The number of hydrogen-bond donors (Lipinski definition) is 4. The molecule has 0 spiro atoms. The van der Waals surface area contributed by atoms with Crippen molar-refractivity contribution < 1.29 is 47.8 Å². The first kappa shape index (κ1) is 26.4. The summed E-state index contributed by atoms with van der Waals surface area (Å²) in [5.41, 5.74) is 0.761. The molecule has 3 rings (SSSR count). The lowest BCUT2D eigenvalue weighted by Gasteiger charge is -2.39. The molecule has 4 N–H and O–H groups in total. The monoisotopic (exact) mass is 486 g/mol. The van der Waals surface area contributed by atoms with Crippen molar-refractivity contribution in [2.24, 2.45) is 0 Å². The van der Waals surface area contributed by atoms with Gasteiger partial charge >= 0.3 is 6.18 Å². The molecular weight excluding hydrogens is 457 g/mol. The summed E-state index contributed by atoms with van der Waals surface area (Å²) in [5, 5.41) is 38.7. The zero-order chi connectivity index (χ0) is 24.7. The summed E-state index contributed by atoms with van der Waals surface area (Å²) in [7, 11) is 0. The number of rotatable bonds is 10. The van der Waals surface area contributed by atoms with Crippen molar-refractivity contribution in [1.29, 1.82) is 0 Å². The average Bonchev–Trinajstić information content (AvgIpc) is 2.83. The van der Waals surface area contributed by atoms with Crippen LogP contribution in [0.15, 0.2) is 48.5 Å². The first-order chi connectivity index (χ1) is 16.2. The van der Waals surface area contributed by atoms with Crippen LogP contribution in [0.25, 0.3) is 0 Å². The van der Waals surface area contributed by atoms with Crippen LogP contribution in [0.4, 0.5) is 13.2 Å². The van der Waals surface area contributed by atoms with E-state index in [0.29, 0.717) is 17.7 Å². The van der Waals surface area contributed by atoms with Crippen LogP contribution < -0.4 is 4.74 Å². The third-order valence-corrected chi connectivity index (χ3v) is 5.57. The van der Waals surface area contributed by atoms with Gasteiger partial charge in [-0.1, -0.05) is 24.3 Å². The molecule has 34 heavy (non-hydrogen) atoms. The first-order valence-corrected chi connectivity index (χ1v) is 11.0. The van der Waals surface area contributed by atoms with E-state index in [1.807, 2.05) is 12.1 Å². The second-order valence-corrected chi connectivity index (χ2v) is 8.16. The van der Waals surface area contributed by atoms with Gasteiger partial charge in [0, 0.05) is 6.61 Å². The van der Waals surface area contributed by atoms with Gasteiger partial charge in [-0.3, -0.25) is 0 Å². The summed E-state index contributed by atoms with van der Waals surface area (Å²) in [5.74, 6) is 0.548. The highest BCUT2D eigenvalue weighted by Crippen LogP contribution is 2.30. The molecule has 1 aliphatic heterocycles. The highest BCUT2D eigenvalue weighted by Gasteiger charge is 2.43. The van der Waals surface area contributed by atoms with Gasteiger partial charge in [0.05, 0.1) is 12.2 Å². The number of aryl methyl sites for hydroxylation is 1. The first-order valence-electron chi connectivity index (χ1n) is 11.0. The van der Waals surface area contributed by atoms with Crippen molar-refractivity contribution in [3.05, 3.63) is 65.2 Å². The molecule has 1 saturated heterocycles. The Labute approximate surface area is 195 Å². The maximum atomic E-state index is 12.8. The van der Waals surface area contributed by atoms with Crippen LogP contribution in [-0.2, 0) is 28.7 Å². The molecule has 10 heteroatoms. The van der Waals surface area contributed by atoms with Crippen molar-refractivity contribution in [3.8, 4) is 5.75 Å². The lowest BCUT2D eigenvalue weighted by atomic mass is 9.99. The highest BCUT2D eigenvalue weighted by molar-refractivity contribution is 5.29. The quantitative estimate of drug-likeness (QED) is 0.382. The lowest BCUT2D eigenvalue weighted by molar-refractivity contribution is -0.301. The number of aliphatic hydroxyl groups is 4. The van der Waals surface area contributed by atoms with E-state index in [1.165, 1.54) is 6.07 Å². The standard InChI is InChI=1S/C24H29F3O7/c25-24(26,27)17-6-3-5-16(12-17)14-33-18-9-7-15(8-10-18)4-1-2-11-32-23-22(31)21(30)20(29)19(13-28)34-23/h3,5-10,12,19-23,28-31H,1-2,4,11,13-14H2. The molecule has 2 aromatic carbocycles. The Balaban J connectivity index is 1.38. The maximum absolute atomic E-state index is 12.8. The minimum absolute atomic E-state index is 0.0263. The molecule has 0 aliphatic carbocycles. The number of unbranched alkanes of at least 4 members (excludes halogenated alkanes) is 1. The zero-order valence-corrected chi connectivity index (χ0v) is 18.4. The third-order valence-electron chi connectivity index (χ3n) is 5.57. The largest absolute Gasteiger partial charge is 0.489 e. The van der Waals surface area contributed by atoms with Crippen LogP contribution in [0.2, 0.25) is 0 Å². The van der Waals surface area contributed by atoms with Gasteiger partial charge in [0.15, 0.2) is 6.29 Å². The van der Waals surface area contributed by atoms with E-state index in [1.54, 1.807) is 18.2 Å². The Morgan fingerprint density at radius 3 is 2.29 bits per heavy atom. The highest BCUT2D eigenvalue weighted by atomic mass is 19.4. The summed E-state index contributed by atoms with van der Waals surface area (Å²) in [6, 6.07) is 12.3. The van der Waals surface area contributed by atoms with Gasteiger partial charge in [-0.2, -0.15) is 13.2 Å². The van der Waals surface area contributed by atoms with Gasteiger partial charge in [0.2, 0.25) is 0 Å². The Morgan fingerprint density at radius 2 is 1.62 bits per heavy atom. The normalized spacial score (nSPS) is 25.3. The number of aliphatic hydroxyl groups excluding tert-OH is 4. The SMILES string of the molecule is OCC1OC(OCCCCc2ccc(OCc3cccc(C(F)(F)F)c3)cc2)C(O)C(O)C1O. The Bertz CT molecular complexity index is 889. The average molecular weight is 486 g/mol. The number of benzene rings is 2. The van der Waals surface area contributed by atoms with E-state index in [9.17, 15) is 33.6 Å². The smallest absolute Gasteiger partial charge is 0.416 e. The topological polar surface area (TPSA) is 109 Å². The van der Waals surface area contributed by atoms with Gasteiger partial charge in [-0.05, 0) is 54.7 Å². The minimum atomic E-state index is -4.39. The van der Waals surface area contributed by atoms with Crippen molar-refractivity contribution in [2.45, 2.75) is 62.8 Å². The molecule has 1 aliphatic rings. The van der Waals surface area contributed by atoms with Gasteiger partial charge in [-0.25, -0.2) is 0 Å². The van der Waals surface area contributed by atoms with Crippen LogP contribution in [0.3, 0.4) is 0 Å². The molecule has 5 unspecified atom stereocenters. The fourth-order valence-corrected chi connectivity index (χ4v) is 3.59. The molecule has 188 valence electrons. The van der Waals surface area contributed by atoms with E-state index in [4.69, 9.17) is 14.2 Å². The Kier molecular flexibility index (Phi) is 9.29. The van der Waals surface area contributed by atoms with E-state index in [-0.39, 0.29) is 13.2 Å². The van der Waals surface area contributed by atoms with Gasteiger partial charge in [0.1, 0.15) is 36.8 Å². The zero-order valence-electron chi connectivity index (χ0n) is 18.4. The predicted molar refractivity (Wildman–Crippen MR) is 115 cm³/mol. The molecule has 2 aromatic rings. The van der Waals surface area contributed by atoms with Crippen molar-refractivity contribution in [3.63, 3.8) is 0 Å². The summed E-state index contributed by atoms with van der Waals surface area (Å²) in [4.78, 5) is 0. The van der Waals surface area contributed by atoms with Gasteiger partial charge < -0.3 is 34.6 Å². The molecule has 1 heterocycles.